The number of fused-ring (bicyclic) bond motifs is 1. The molecule has 2 aromatic heterocycles. The largest absolute Gasteiger partial charge is 0.496 e. The van der Waals surface area contributed by atoms with Gasteiger partial charge < -0.3 is 19.4 Å². The Kier molecular flexibility index (Phi) is 5.09. The van der Waals surface area contributed by atoms with E-state index in [0.29, 0.717) is 43.2 Å². The summed E-state index contributed by atoms with van der Waals surface area (Å²) in [5.74, 6) is 0.782. The minimum Gasteiger partial charge on any atom is -0.496 e. The predicted molar refractivity (Wildman–Crippen MR) is 118 cm³/mol. The molecule has 0 saturated carbocycles. The molecule has 7 nitrogen and oxygen atoms in total. The van der Waals surface area contributed by atoms with Crippen LogP contribution in [0, 0.1) is 0 Å². The van der Waals surface area contributed by atoms with E-state index in [4.69, 9.17) is 14.5 Å². The number of morpholine rings is 1. The highest BCUT2D eigenvalue weighted by Crippen LogP contribution is 2.34. The van der Waals surface area contributed by atoms with Crippen molar-refractivity contribution in [2.75, 3.05) is 33.4 Å². The summed E-state index contributed by atoms with van der Waals surface area (Å²) in [7, 11) is 1.65. The van der Waals surface area contributed by atoms with E-state index in [1.54, 1.807) is 13.3 Å². The number of carbonyl (C=O) groups excluding carboxylic acids is 1. The summed E-state index contributed by atoms with van der Waals surface area (Å²) in [5, 5.41) is 0. The molecule has 1 amide bonds. The van der Waals surface area contributed by atoms with Crippen LogP contribution in [0.1, 0.15) is 10.4 Å². The molecule has 31 heavy (non-hydrogen) atoms. The van der Waals surface area contributed by atoms with Crippen molar-refractivity contribution in [2.45, 2.75) is 0 Å². The van der Waals surface area contributed by atoms with Crippen LogP contribution in [0.15, 0.2) is 60.9 Å². The van der Waals surface area contributed by atoms with Crippen molar-refractivity contribution < 1.29 is 14.3 Å². The lowest BCUT2D eigenvalue weighted by atomic mass is 10.1. The third-order valence-corrected chi connectivity index (χ3v) is 5.48. The van der Waals surface area contributed by atoms with Gasteiger partial charge in [0.1, 0.15) is 11.3 Å². The smallest absolute Gasteiger partial charge is 0.254 e. The minimum absolute atomic E-state index is 0.00976. The Labute approximate surface area is 179 Å². The molecule has 7 heteroatoms. The molecule has 0 unspecified atom stereocenters. The number of nitrogens with one attached hydrogen (secondary N) is 1. The molecule has 0 radical (unpaired) electrons. The number of hydrogen-bond acceptors (Lipinski definition) is 5. The first-order chi connectivity index (χ1) is 15.2. The van der Waals surface area contributed by atoms with Crippen LogP contribution in [-0.2, 0) is 4.74 Å². The summed E-state index contributed by atoms with van der Waals surface area (Å²) >= 11 is 0. The Hall–Kier alpha value is -3.71. The Morgan fingerprint density at radius 2 is 1.94 bits per heavy atom. The molecule has 0 aliphatic carbocycles. The fourth-order valence-corrected chi connectivity index (χ4v) is 3.86. The number of ether oxygens (including phenoxy) is 2. The molecule has 1 fully saturated rings. The van der Waals surface area contributed by atoms with E-state index in [9.17, 15) is 4.79 Å². The maximum absolute atomic E-state index is 12.9. The third-order valence-electron chi connectivity index (χ3n) is 5.48. The average Bonchev–Trinajstić information content (AvgIpc) is 3.27. The number of nitrogens with zero attached hydrogens (tertiary/aromatic N) is 3. The number of rotatable bonds is 4. The number of methoxy groups -OCH3 is 1. The number of carbonyl (C=O) groups is 1. The summed E-state index contributed by atoms with van der Waals surface area (Å²) in [5.41, 5.74) is 5.51. The predicted octanol–water partition coefficient (Wildman–Crippen LogP) is 3.77. The third kappa shape index (κ3) is 3.64. The van der Waals surface area contributed by atoms with Crippen LogP contribution in [0.4, 0.5) is 0 Å². The van der Waals surface area contributed by atoms with Crippen molar-refractivity contribution >= 4 is 17.1 Å². The SMILES string of the molecule is COc1ccccc1-c1c[nH]c2ncc(-c3cccc(C(=O)N4CCOCC4)c3)nc12. The van der Waals surface area contributed by atoms with E-state index in [2.05, 4.69) is 9.97 Å². The van der Waals surface area contributed by atoms with Crippen molar-refractivity contribution in [1.82, 2.24) is 19.9 Å². The summed E-state index contributed by atoms with van der Waals surface area (Å²) < 4.78 is 10.9. The number of amides is 1. The number of aromatic nitrogens is 3. The van der Waals surface area contributed by atoms with Gasteiger partial charge in [-0.15, -0.1) is 0 Å². The molecule has 2 aromatic carbocycles. The zero-order valence-corrected chi connectivity index (χ0v) is 17.2. The normalized spacial score (nSPS) is 14.0. The van der Waals surface area contributed by atoms with Crippen LogP contribution in [0.5, 0.6) is 5.75 Å². The second-order valence-corrected chi connectivity index (χ2v) is 7.34. The van der Waals surface area contributed by atoms with Crippen molar-refractivity contribution in [3.63, 3.8) is 0 Å². The lowest BCUT2D eigenvalue weighted by molar-refractivity contribution is 0.0303. The van der Waals surface area contributed by atoms with Gasteiger partial charge in [0.05, 0.1) is 32.2 Å². The molecule has 1 aliphatic rings. The van der Waals surface area contributed by atoms with Crippen LogP contribution in [0.2, 0.25) is 0 Å². The zero-order chi connectivity index (χ0) is 21.2. The van der Waals surface area contributed by atoms with Crippen molar-refractivity contribution in [3.05, 3.63) is 66.5 Å². The lowest BCUT2D eigenvalue weighted by Crippen LogP contribution is -2.40. The lowest BCUT2D eigenvalue weighted by Gasteiger charge is -2.27. The van der Waals surface area contributed by atoms with Gasteiger partial charge >= 0.3 is 0 Å². The molecule has 156 valence electrons. The first-order valence-electron chi connectivity index (χ1n) is 10.2. The van der Waals surface area contributed by atoms with Crippen LogP contribution >= 0.6 is 0 Å². The van der Waals surface area contributed by atoms with Gasteiger partial charge in [-0.2, -0.15) is 0 Å². The molecular weight excluding hydrogens is 392 g/mol. The molecule has 4 aromatic rings. The molecule has 0 atom stereocenters. The van der Waals surface area contributed by atoms with Crippen LogP contribution in [0.25, 0.3) is 33.5 Å². The van der Waals surface area contributed by atoms with Gasteiger partial charge in [-0.05, 0) is 18.2 Å². The van der Waals surface area contributed by atoms with Gasteiger partial charge in [-0.1, -0.05) is 30.3 Å². The second-order valence-electron chi connectivity index (χ2n) is 7.34. The van der Waals surface area contributed by atoms with Crippen molar-refractivity contribution in [3.8, 4) is 28.1 Å². The topological polar surface area (TPSA) is 80.3 Å². The quantitative estimate of drug-likeness (QED) is 0.550. The van der Waals surface area contributed by atoms with Gasteiger partial charge in [-0.3, -0.25) is 4.79 Å². The van der Waals surface area contributed by atoms with Crippen molar-refractivity contribution in [1.29, 1.82) is 0 Å². The van der Waals surface area contributed by atoms with Gasteiger partial charge in [0.2, 0.25) is 0 Å². The molecule has 1 aliphatic heterocycles. The van der Waals surface area contributed by atoms with E-state index < -0.39 is 0 Å². The molecule has 1 saturated heterocycles. The molecule has 3 heterocycles. The first kappa shape index (κ1) is 19.3. The molecular formula is C24H22N4O3. The highest BCUT2D eigenvalue weighted by atomic mass is 16.5. The van der Waals surface area contributed by atoms with Crippen LogP contribution in [0.3, 0.4) is 0 Å². The van der Waals surface area contributed by atoms with Crippen LogP contribution < -0.4 is 4.74 Å². The van der Waals surface area contributed by atoms with Gasteiger partial charge in [0.25, 0.3) is 5.91 Å². The Morgan fingerprint density at radius 3 is 2.77 bits per heavy atom. The Balaban J connectivity index is 1.53. The van der Waals surface area contributed by atoms with Gasteiger partial charge in [-0.25, -0.2) is 9.97 Å². The number of para-hydroxylation sites is 1. The van der Waals surface area contributed by atoms with E-state index >= 15 is 0 Å². The monoisotopic (exact) mass is 414 g/mol. The van der Waals surface area contributed by atoms with Gasteiger partial charge in [0.15, 0.2) is 5.65 Å². The maximum atomic E-state index is 12.9. The molecule has 0 spiro atoms. The summed E-state index contributed by atoms with van der Waals surface area (Å²) in [6, 6.07) is 15.4. The fourth-order valence-electron chi connectivity index (χ4n) is 3.86. The average molecular weight is 414 g/mol. The maximum Gasteiger partial charge on any atom is 0.254 e. The van der Waals surface area contributed by atoms with E-state index in [-0.39, 0.29) is 5.91 Å². The summed E-state index contributed by atoms with van der Waals surface area (Å²) in [6.45, 7) is 2.38. The van der Waals surface area contributed by atoms with E-state index in [1.807, 2.05) is 59.6 Å². The second kappa shape index (κ2) is 8.20. The molecule has 5 rings (SSSR count). The number of aromatic amines is 1. The first-order valence-corrected chi connectivity index (χ1v) is 10.2. The van der Waals surface area contributed by atoms with Crippen LogP contribution in [-0.4, -0.2) is 59.2 Å². The summed E-state index contributed by atoms with van der Waals surface area (Å²) in [4.78, 5) is 27.3. The van der Waals surface area contributed by atoms with E-state index in [0.717, 1.165) is 28.0 Å². The highest BCUT2D eigenvalue weighted by molar-refractivity contribution is 5.96. The zero-order valence-electron chi connectivity index (χ0n) is 17.2. The fraction of sp³-hybridized carbons (Fsp3) is 0.208. The summed E-state index contributed by atoms with van der Waals surface area (Å²) in [6.07, 6.45) is 3.62. The number of benzene rings is 2. The van der Waals surface area contributed by atoms with Crippen molar-refractivity contribution in [2.24, 2.45) is 0 Å². The Bertz CT molecular complexity index is 1240. The number of hydrogen-bond donors (Lipinski definition) is 1. The number of H-pyrrole nitrogens is 1. The molecule has 1 N–H and O–H groups in total. The highest BCUT2D eigenvalue weighted by Gasteiger charge is 2.19. The standard InChI is InChI=1S/C24H22N4O3/c1-30-21-8-3-2-7-18(21)19-14-25-23-22(19)27-20(15-26-23)16-5-4-6-17(13-16)24(29)28-9-11-31-12-10-28/h2-8,13-15H,9-12H2,1H3,(H,25,26). The molecule has 0 bridgehead atoms. The Morgan fingerprint density at radius 1 is 1.10 bits per heavy atom. The van der Waals surface area contributed by atoms with Gasteiger partial charge in [0, 0.05) is 41.5 Å². The minimum atomic E-state index is 0.00976. The van der Waals surface area contributed by atoms with E-state index in [1.165, 1.54) is 0 Å².